The molecule has 3 aliphatic carbocycles. The molecule has 4 fully saturated rings. The summed E-state index contributed by atoms with van der Waals surface area (Å²) in [6.45, 7) is 21.9. The number of nitrogens with zero attached hydrogens (tertiary/aromatic N) is 4. The number of thioether (sulfide) groups is 1. The first-order valence-electron chi connectivity index (χ1n) is 16.8. The molecule has 2 bridgehead atoms. The van der Waals surface area contributed by atoms with Crippen LogP contribution in [0.4, 0.5) is 5.82 Å². The molecule has 0 spiro atoms. The number of likely N-dealkylation sites (N-methyl/N-ethyl adjacent to an activating group) is 1. The normalized spacial score (nSPS) is 37.3. The highest BCUT2D eigenvalue weighted by molar-refractivity contribution is 7.99. The maximum atomic E-state index is 13.7. The number of aryl methyl sites for hydroxylation is 1. The number of hydrogen-bond donors (Lipinski definition) is 1. The Morgan fingerprint density at radius 2 is 1.96 bits per heavy atom. The fourth-order valence-electron chi connectivity index (χ4n) is 9.43. The number of fused-ring (bicyclic) bond motifs is 1. The van der Waals surface area contributed by atoms with Gasteiger partial charge in [0.15, 0.2) is 5.16 Å². The molecule has 0 aromatic carbocycles. The van der Waals surface area contributed by atoms with Gasteiger partial charge in [-0.25, -0.2) is 9.97 Å². The quantitative estimate of drug-likeness (QED) is 0.164. The smallest absolute Gasteiger partial charge is 0.316 e. The van der Waals surface area contributed by atoms with Crippen LogP contribution in [0.25, 0.3) is 10.2 Å². The lowest BCUT2D eigenvalue weighted by Crippen LogP contribution is -2.63. The maximum Gasteiger partial charge on any atom is 0.316 e. The molecule has 45 heavy (non-hydrogen) atoms. The number of carbonyl (C=O) groups excluding carboxylic acids is 2. The number of esters is 1. The molecule has 1 aliphatic heterocycles. The summed E-state index contributed by atoms with van der Waals surface area (Å²) in [7, 11) is 0. The van der Waals surface area contributed by atoms with E-state index in [4.69, 9.17) is 14.7 Å². The summed E-state index contributed by atoms with van der Waals surface area (Å²) in [5.41, 5.74) is -0.287. The Labute approximate surface area is 276 Å². The van der Waals surface area contributed by atoms with E-state index in [-0.39, 0.29) is 40.7 Å². The summed E-state index contributed by atoms with van der Waals surface area (Å²) < 4.78 is 6.46. The van der Waals surface area contributed by atoms with Gasteiger partial charge in [0.2, 0.25) is 0 Å². The van der Waals surface area contributed by atoms with E-state index >= 15 is 0 Å². The summed E-state index contributed by atoms with van der Waals surface area (Å²) >= 11 is 2.93. The molecule has 8 nitrogen and oxygen atoms in total. The SMILES string of the molecule is C=C[C@]1(C)C[C@@H](OC(=O)CSc2nc(N3CCN(CC)CC3)c3c(C)csc3n2)[C@]2(C)[C@H](C)CC[C@]3(CCC(=O)[C@H]32)[C@@H](C)[C@@H]1O. The number of aliphatic hydroxyl groups is 1. The fraction of sp³-hybridized carbons (Fsp3) is 0.714. The monoisotopic (exact) mass is 654 g/mol. The number of Topliss-reactive ketones (excluding diaryl/α,β-unsaturated/α-hetero) is 1. The predicted molar refractivity (Wildman–Crippen MR) is 182 cm³/mol. The van der Waals surface area contributed by atoms with Crippen LogP contribution in [-0.2, 0) is 14.3 Å². The van der Waals surface area contributed by atoms with E-state index in [1.165, 1.54) is 17.3 Å². The van der Waals surface area contributed by atoms with Crippen LogP contribution < -0.4 is 4.90 Å². The first-order valence-corrected chi connectivity index (χ1v) is 18.6. The standard InChI is InChI=1S/C35H50N4O4S2/c1-8-33(6)18-25(34(7)22(4)10-12-35(23(5)29(33)42)13-11-24(40)28(34)35)43-26(41)20-45-32-36-30(27-21(3)19-44-31(27)37-32)39-16-14-38(9-2)15-17-39/h8,19,22-23,25,28-29,42H,1,9-18,20H2,2-7H3/t22-,23+,25-,28+,29+,33-,34+,35+/m1/s1. The zero-order valence-corrected chi connectivity index (χ0v) is 29.4. The van der Waals surface area contributed by atoms with Gasteiger partial charge in [-0.05, 0) is 67.3 Å². The van der Waals surface area contributed by atoms with Gasteiger partial charge >= 0.3 is 5.97 Å². The Morgan fingerprint density at radius 3 is 2.64 bits per heavy atom. The minimum absolute atomic E-state index is 0.0527. The van der Waals surface area contributed by atoms with Gasteiger partial charge in [0.1, 0.15) is 22.5 Å². The molecule has 10 heteroatoms. The second kappa shape index (κ2) is 12.2. The number of piperazine rings is 1. The molecule has 246 valence electrons. The molecule has 2 aromatic heterocycles. The lowest BCUT2D eigenvalue weighted by atomic mass is 9.44. The van der Waals surface area contributed by atoms with Crippen molar-refractivity contribution in [3.8, 4) is 0 Å². The van der Waals surface area contributed by atoms with Gasteiger partial charge in [-0.15, -0.1) is 17.9 Å². The molecule has 6 rings (SSSR count). The van der Waals surface area contributed by atoms with Gasteiger partial charge in [-0.2, -0.15) is 0 Å². The highest BCUT2D eigenvalue weighted by Gasteiger charge is 2.68. The molecule has 0 unspecified atom stereocenters. The summed E-state index contributed by atoms with van der Waals surface area (Å²) in [5.74, 6) is 0.871. The number of thiophene rings is 1. The molecular formula is C35H50N4O4S2. The van der Waals surface area contributed by atoms with Crippen LogP contribution in [0.15, 0.2) is 23.2 Å². The van der Waals surface area contributed by atoms with E-state index in [9.17, 15) is 14.7 Å². The summed E-state index contributed by atoms with van der Waals surface area (Å²) in [5, 5.41) is 15.6. The number of carbonyl (C=O) groups is 2. The Kier molecular flexibility index (Phi) is 8.94. The van der Waals surface area contributed by atoms with Crippen molar-refractivity contribution in [1.82, 2.24) is 14.9 Å². The minimum atomic E-state index is -0.677. The highest BCUT2D eigenvalue weighted by Crippen LogP contribution is 2.68. The molecule has 1 saturated heterocycles. The predicted octanol–water partition coefficient (Wildman–Crippen LogP) is 6.14. The third kappa shape index (κ3) is 5.35. The van der Waals surface area contributed by atoms with Crippen LogP contribution in [0.1, 0.15) is 72.3 Å². The third-order valence-corrected chi connectivity index (χ3v) is 14.4. The lowest BCUT2D eigenvalue weighted by Gasteiger charge is -2.61. The first kappa shape index (κ1) is 32.9. The van der Waals surface area contributed by atoms with Gasteiger partial charge in [0.25, 0.3) is 0 Å². The Hall–Kier alpha value is -2.01. The van der Waals surface area contributed by atoms with Crippen molar-refractivity contribution < 1.29 is 19.4 Å². The number of ether oxygens (including phenoxy) is 1. The van der Waals surface area contributed by atoms with Crippen LogP contribution in [0.5, 0.6) is 0 Å². The van der Waals surface area contributed by atoms with Gasteiger partial charge in [-0.1, -0.05) is 52.5 Å². The van der Waals surface area contributed by atoms with E-state index < -0.39 is 23.0 Å². The second-order valence-corrected chi connectivity index (χ2v) is 16.5. The fourth-order valence-corrected chi connectivity index (χ4v) is 11.0. The van der Waals surface area contributed by atoms with Gasteiger partial charge in [0.05, 0.1) is 17.2 Å². The van der Waals surface area contributed by atoms with Crippen molar-refractivity contribution >= 4 is 50.9 Å². The van der Waals surface area contributed by atoms with Crippen LogP contribution in [0.3, 0.4) is 0 Å². The topological polar surface area (TPSA) is 95.9 Å². The van der Waals surface area contributed by atoms with Crippen molar-refractivity contribution in [3.63, 3.8) is 0 Å². The van der Waals surface area contributed by atoms with Crippen LogP contribution >= 0.6 is 23.1 Å². The van der Waals surface area contributed by atoms with Gasteiger partial charge < -0.3 is 19.6 Å². The molecule has 3 saturated carbocycles. The molecule has 2 aromatic rings. The van der Waals surface area contributed by atoms with Crippen molar-refractivity contribution in [2.24, 2.45) is 34.0 Å². The van der Waals surface area contributed by atoms with Crippen LogP contribution in [0, 0.1) is 40.9 Å². The second-order valence-electron chi connectivity index (χ2n) is 14.7. The summed E-state index contributed by atoms with van der Waals surface area (Å²) in [6, 6.07) is 0. The number of aliphatic hydroxyl groups excluding tert-OH is 1. The molecule has 3 heterocycles. The Bertz CT molecular complexity index is 1470. The number of rotatable bonds is 7. The average Bonchev–Trinajstić information content (AvgIpc) is 3.60. The van der Waals surface area contributed by atoms with E-state index in [0.717, 1.165) is 68.0 Å². The van der Waals surface area contributed by atoms with Crippen molar-refractivity contribution in [3.05, 3.63) is 23.6 Å². The summed E-state index contributed by atoms with van der Waals surface area (Å²) in [6.07, 6.45) is 4.27. The van der Waals surface area contributed by atoms with Crippen molar-refractivity contribution in [2.75, 3.05) is 43.4 Å². The zero-order valence-electron chi connectivity index (χ0n) is 27.8. The van der Waals surface area contributed by atoms with E-state index in [2.05, 4.69) is 56.4 Å². The Balaban J connectivity index is 1.26. The van der Waals surface area contributed by atoms with Crippen LogP contribution in [0.2, 0.25) is 0 Å². The minimum Gasteiger partial charge on any atom is -0.461 e. The maximum absolute atomic E-state index is 13.7. The zero-order chi connectivity index (χ0) is 32.3. The molecule has 0 amide bonds. The number of aromatic nitrogens is 2. The number of ketones is 1. The largest absolute Gasteiger partial charge is 0.461 e. The van der Waals surface area contributed by atoms with Gasteiger partial charge in [0, 0.05) is 49.3 Å². The molecule has 0 radical (unpaired) electrons. The molecular weight excluding hydrogens is 605 g/mol. The highest BCUT2D eigenvalue weighted by atomic mass is 32.2. The van der Waals surface area contributed by atoms with Crippen LogP contribution in [-0.4, -0.2) is 82.4 Å². The number of anilines is 1. The lowest BCUT2D eigenvalue weighted by molar-refractivity contribution is -0.205. The van der Waals surface area contributed by atoms with Crippen molar-refractivity contribution in [2.45, 2.75) is 91.0 Å². The van der Waals surface area contributed by atoms with Gasteiger partial charge in [-0.3, -0.25) is 9.59 Å². The summed E-state index contributed by atoms with van der Waals surface area (Å²) in [4.78, 5) is 43.0. The molecule has 8 atom stereocenters. The van der Waals surface area contributed by atoms with E-state index in [1.807, 2.05) is 13.0 Å². The van der Waals surface area contributed by atoms with Crippen molar-refractivity contribution in [1.29, 1.82) is 0 Å². The van der Waals surface area contributed by atoms with E-state index in [1.54, 1.807) is 11.3 Å². The number of hydrogen-bond acceptors (Lipinski definition) is 10. The first-order chi connectivity index (χ1) is 21.4. The average molecular weight is 655 g/mol. The molecule has 4 aliphatic rings. The Morgan fingerprint density at radius 1 is 1.22 bits per heavy atom. The third-order valence-electron chi connectivity index (χ3n) is 12.6. The van der Waals surface area contributed by atoms with E-state index in [0.29, 0.717) is 18.0 Å². The molecule has 1 N–H and O–H groups in total.